The van der Waals surface area contributed by atoms with Gasteiger partial charge in [-0.2, -0.15) is 0 Å². The molecule has 3 heteroatoms. The molecule has 0 aliphatic carbocycles. The molecule has 0 saturated carbocycles. The molecular weight excluding hydrogens is 236 g/mol. The zero-order valence-corrected chi connectivity index (χ0v) is 12.2. The highest BCUT2D eigenvalue weighted by Crippen LogP contribution is 2.40. The first-order valence-corrected chi connectivity index (χ1v) is 7.35. The largest absolute Gasteiger partial charge is 0.382 e. The van der Waals surface area contributed by atoms with Crippen LogP contribution >= 0.6 is 0 Å². The Morgan fingerprint density at radius 2 is 1.84 bits per heavy atom. The van der Waals surface area contributed by atoms with Gasteiger partial charge in [-0.05, 0) is 43.9 Å². The summed E-state index contributed by atoms with van der Waals surface area (Å²) in [5.41, 5.74) is 5.66. The molecule has 0 radical (unpaired) electrons. The molecule has 1 N–H and O–H groups in total. The minimum absolute atomic E-state index is 0.542. The lowest BCUT2D eigenvalue weighted by Gasteiger charge is -2.41. The van der Waals surface area contributed by atoms with Gasteiger partial charge in [-0.1, -0.05) is 12.1 Å². The summed E-state index contributed by atoms with van der Waals surface area (Å²) in [6, 6.07) is 5.59. The van der Waals surface area contributed by atoms with E-state index in [0.29, 0.717) is 12.1 Å². The number of hydrogen-bond acceptors (Lipinski definition) is 3. The lowest BCUT2D eigenvalue weighted by Crippen LogP contribution is -2.43. The van der Waals surface area contributed by atoms with Crippen molar-refractivity contribution in [2.24, 2.45) is 0 Å². The molecule has 1 saturated heterocycles. The van der Waals surface area contributed by atoms with Crippen molar-refractivity contribution in [3.8, 4) is 0 Å². The number of aryl methyl sites for hydroxylation is 2. The maximum absolute atomic E-state index is 5.50. The summed E-state index contributed by atoms with van der Waals surface area (Å²) in [6.45, 7) is 10.6. The van der Waals surface area contributed by atoms with Crippen LogP contribution in [0, 0.1) is 13.8 Å². The van der Waals surface area contributed by atoms with E-state index in [4.69, 9.17) is 4.74 Å². The highest BCUT2D eigenvalue weighted by atomic mass is 16.5. The molecule has 1 aromatic rings. The van der Waals surface area contributed by atoms with Gasteiger partial charge in [-0.15, -0.1) is 0 Å². The van der Waals surface area contributed by atoms with E-state index in [1.165, 1.54) is 28.8 Å². The molecule has 104 valence electrons. The van der Waals surface area contributed by atoms with Crippen LogP contribution < -0.4 is 5.32 Å². The first-order chi connectivity index (χ1) is 9.16. The fraction of sp³-hybridized carbons (Fsp3) is 0.625. The number of nitrogens with zero attached hydrogens (tertiary/aromatic N) is 1. The number of benzene rings is 1. The third kappa shape index (κ3) is 2.37. The van der Waals surface area contributed by atoms with Crippen molar-refractivity contribution in [3.05, 3.63) is 28.8 Å². The lowest BCUT2D eigenvalue weighted by molar-refractivity contribution is 0.0126. The first kappa shape index (κ1) is 12.9. The molecule has 19 heavy (non-hydrogen) atoms. The van der Waals surface area contributed by atoms with Crippen LogP contribution in [0.15, 0.2) is 12.1 Å². The molecule has 1 aromatic carbocycles. The Morgan fingerprint density at radius 1 is 1.16 bits per heavy atom. The van der Waals surface area contributed by atoms with Gasteiger partial charge in [-0.25, -0.2) is 0 Å². The number of rotatable bonds is 1. The van der Waals surface area contributed by atoms with Gasteiger partial charge in [-0.3, -0.25) is 4.90 Å². The Bertz CT molecular complexity index is 466. The number of hydrogen-bond donors (Lipinski definition) is 1. The van der Waals surface area contributed by atoms with E-state index in [1.54, 1.807) is 0 Å². The summed E-state index contributed by atoms with van der Waals surface area (Å²) < 4.78 is 5.50. The average Bonchev–Trinajstić information content (AvgIpc) is 2.43. The van der Waals surface area contributed by atoms with E-state index in [-0.39, 0.29) is 0 Å². The van der Waals surface area contributed by atoms with E-state index >= 15 is 0 Å². The summed E-state index contributed by atoms with van der Waals surface area (Å²) in [5.74, 6) is 0. The summed E-state index contributed by atoms with van der Waals surface area (Å²) in [5, 5.41) is 3.68. The monoisotopic (exact) mass is 260 g/mol. The molecular formula is C16H24N2O. The Morgan fingerprint density at radius 3 is 2.58 bits per heavy atom. The Kier molecular flexibility index (Phi) is 3.50. The van der Waals surface area contributed by atoms with Crippen molar-refractivity contribution < 1.29 is 4.74 Å². The molecule has 0 spiro atoms. The molecule has 0 amide bonds. The van der Waals surface area contributed by atoms with Crippen LogP contribution in [0.2, 0.25) is 0 Å². The van der Waals surface area contributed by atoms with Gasteiger partial charge in [0.25, 0.3) is 0 Å². The smallest absolute Gasteiger partial charge is 0.0594 e. The summed E-state index contributed by atoms with van der Waals surface area (Å²) in [6.07, 6.45) is 1.19. The van der Waals surface area contributed by atoms with E-state index in [2.05, 4.69) is 43.1 Å². The van der Waals surface area contributed by atoms with E-state index in [0.717, 1.165) is 26.3 Å². The quantitative estimate of drug-likeness (QED) is 0.840. The molecule has 2 aliphatic rings. The van der Waals surface area contributed by atoms with Gasteiger partial charge in [0.2, 0.25) is 0 Å². The van der Waals surface area contributed by atoms with Gasteiger partial charge >= 0.3 is 0 Å². The molecule has 2 unspecified atom stereocenters. The topological polar surface area (TPSA) is 24.5 Å². The number of anilines is 1. The predicted octanol–water partition coefficient (Wildman–Crippen LogP) is 2.88. The molecule has 3 rings (SSSR count). The van der Waals surface area contributed by atoms with Crippen LogP contribution in [0.3, 0.4) is 0 Å². The van der Waals surface area contributed by atoms with Gasteiger partial charge in [0, 0.05) is 30.9 Å². The maximum atomic E-state index is 5.50. The van der Waals surface area contributed by atoms with Crippen LogP contribution in [0.5, 0.6) is 0 Å². The van der Waals surface area contributed by atoms with Gasteiger partial charge in [0.1, 0.15) is 0 Å². The molecule has 1 fully saturated rings. The highest BCUT2D eigenvalue weighted by molar-refractivity contribution is 5.63. The second kappa shape index (κ2) is 5.14. The summed E-state index contributed by atoms with van der Waals surface area (Å²) in [4.78, 5) is 2.60. The number of ether oxygens (including phenoxy) is 1. The lowest BCUT2D eigenvalue weighted by atomic mass is 9.87. The predicted molar refractivity (Wildman–Crippen MR) is 78.8 cm³/mol. The highest BCUT2D eigenvalue weighted by Gasteiger charge is 2.31. The standard InChI is InChI=1S/C16H24N2O/c1-11-4-5-12(2)16-15(11)14(10-13(3)17-16)18-6-8-19-9-7-18/h4-5,13-14,17H,6-10H2,1-3H3. The van der Waals surface area contributed by atoms with E-state index < -0.39 is 0 Å². The third-order valence-corrected chi connectivity index (χ3v) is 4.46. The van der Waals surface area contributed by atoms with Crippen LogP contribution in [0.1, 0.15) is 36.1 Å². The Labute approximate surface area is 115 Å². The zero-order valence-electron chi connectivity index (χ0n) is 12.2. The molecule has 2 atom stereocenters. The molecule has 2 aliphatic heterocycles. The maximum Gasteiger partial charge on any atom is 0.0594 e. The normalized spacial score (nSPS) is 27.7. The van der Waals surface area contributed by atoms with Crippen molar-refractivity contribution in [2.75, 3.05) is 31.6 Å². The minimum atomic E-state index is 0.542. The van der Waals surface area contributed by atoms with Crippen molar-refractivity contribution in [2.45, 2.75) is 39.3 Å². The molecule has 0 aromatic heterocycles. The van der Waals surface area contributed by atoms with Gasteiger partial charge in [0.15, 0.2) is 0 Å². The van der Waals surface area contributed by atoms with E-state index in [9.17, 15) is 0 Å². The average molecular weight is 260 g/mol. The number of nitrogens with one attached hydrogen (secondary N) is 1. The minimum Gasteiger partial charge on any atom is -0.382 e. The second-order valence-corrected chi connectivity index (χ2v) is 5.93. The van der Waals surface area contributed by atoms with E-state index in [1.807, 2.05) is 0 Å². The molecule has 2 heterocycles. The summed E-state index contributed by atoms with van der Waals surface area (Å²) >= 11 is 0. The first-order valence-electron chi connectivity index (χ1n) is 7.35. The van der Waals surface area contributed by atoms with Crippen molar-refractivity contribution >= 4 is 5.69 Å². The van der Waals surface area contributed by atoms with Crippen molar-refractivity contribution in [3.63, 3.8) is 0 Å². The van der Waals surface area contributed by atoms with Crippen LogP contribution in [0.4, 0.5) is 5.69 Å². The van der Waals surface area contributed by atoms with Crippen LogP contribution in [-0.2, 0) is 4.74 Å². The van der Waals surface area contributed by atoms with Crippen LogP contribution in [0.25, 0.3) is 0 Å². The molecule has 3 nitrogen and oxygen atoms in total. The van der Waals surface area contributed by atoms with Crippen LogP contribution in [-0.4, -0.2) is 37.2 Å². The second-order valence-electron chi connectivity index (χ2n) is 5.93. The number of fused-ring (bicyclic) bond motifs is 1. The van der Waals surface area contributed by atoms with Gasteiger partial charge in [0.05, 0.1) is 13.2 Å². The summed E-state index contributed by atoms with van der Waals surface area (Å²) in [7, 11) is 0. The fourth-order valence-electron chi connectivity index (χ4n) is 3.43. The third-order valence-electron chi connectivity index (χ3n) is 4.46. The number of morpholine rings is 1. The Hall–Kier alpha value is -1.06. The van der Waals surface area contributed by atoms with Crippen molar-refractivity contribution in [1.82, 2.24) is 4.90 Å². The SMILES string of the molecule is Cc1ccc(C)c2c1NC(C)CC2N1CCOCC1. The zero-order chi connectivity index (χ0) is 13.4. The fourth-order valence-corrected chi connectivity index (χ4v) is 3.43. The van der Waals surface area contributed by atoms with Crippen molar-refractivity contribution in [1.29, 1.82) is 0 Å². The molecule has 0 bridgehead atoms. The van der Waals surface area contributed by atoms with Gasteiger partial charge < -0.3 is 10.1 Å². The Balaban J connectivity index is 2.00.